The fourth-order valence-electron chi connectivity index (χ4n) is 2.98. The first-order valence-corrected chi connectivity index (χ1v) is 8.54. The zero-order valence-corrected chi connectivity index (χ0v) is 12.3. The molecular formula is C14H17NO5S. The molecule has 7 heteroatoms. The highest BCUT2D eigenvalue weighted by molar-refractivity contribution is 7.92. The third-order valence-corrected chi connectivity index (χ3v) is 5.77. The first-order chi connectivity index (χ1) is 9.99. The van der Waals surface area contributed by atoms with E-state index in [-0.39, 0.29) is 18.3 Å². The van der Waals surface area contributed by atoms with E-state index in [0.29, 0.717) is 18.7 Å². The predicted molar refractivity (Wildman–Crippen MR) is 76.8 cm³/mol. The van der Waals surface area contributed by atoms with Gasteiger partial charge in [-0.2, -0.15) is 0 Å². The van der Waals surface area contributed by atoms with E-state index in [2.05, 4.69) is 0 Å². The van der Waals surface area contributed by atoms with Crippen molar-refractivity contribution in [3.05, 3.63) is 29.8 Å². The number of carboxylic acid groups (broad SMARTS) is 1. The fraction of sp³-hybridized carbons (Fsp3) is 0.500. The highest BCUT2D eigenvalue weighted by atomic mass is 32.2. The summed E-state index contributed by atoms with van der Waals surface area (Å²) in [4.78, 5) is 11.4. The molecule has 114 valence electrons. The first kappa shape index (κ1) is 14.3. The largest absolute Gasteiger partial charge is 0.480 e. The molecule has 2 heterocycles. The molecule has 0 saturated carbocycles. The number of hydrogen-bond acceptors (Lipinski definition) is 4. The second kappa shape index (κ2) is 5.31. The Balaban J connectivity index is 1.94. The van der Waals surface area contributed by atoms with E-state index in [0.717, 1.165) is 16.3 Å². The number of aliphatic carboxylic acids is 1. The van der Waals surface area contributed by atoms with E-state index in [9.17, 15) is 18.3 Å². The van der Waals surface area contributed by atoms with Crippen molar-refractivity contribution in [2.45, 2.75) is 31.4 Å². The molecule has 0 amide bonds. The lowest BCUT2D eigenvalue weighted by Gasteiger charge is -2.25. The van der Waals surface area contributed by atoms with Crippen LogP contribution in [-0.4, -0.2) is 44.0 Å². The van der Waals surface area contributed by atoms with Gasteiger partial charge in [0.2, 0.25) is 10.0 Å². The Bertz CT molecular complexity index is 651. The van der Waals surface area contributed by atoms with E-state index in [1.807, 2.05) is 0 Å². The molecule has 1 aromatic rings. The first-order valence-electron chi connectivity index (χ1n) is 6.93. The molecule has 2 aliphatic rings. The molecule has 0 spiro atoms. The van der Waals surface area contributed by atoms with Gasteiger partial charge in [0.25, 0.3) is 0 Å². The van der Waals surface area contributed by atoms with Gasteiger partial charge >= 0.3 is 5.97 Å². The molecule has 2 atom stereocenters. The number of ether oxygens (including phenoxy) is 1. The molecule has 6 nitrogen and oxygen atoms in total. The Labute approximate surface area is 123 Å². The Kier molecular flexibility index (Phi) is 3.62. The van der Waals surface area contributed by atoms with Gasteiger partial charge in [0.05, 0.1) is 17.5 Å². The molecule has 0 aromatic heterocycles. The molecule has 1 N–H and O–H groups in total. The summed E-state index contributed by atoms with van der Waals surface area (Å²) in [7, 11) is -3.72. The third-order valence-electron chi connectivity index (χ3n) is 3.93. The van der Waals surface area contributed by atoms with Gasteiger partial charge < -0.3 is 9.84 Å². The maximum atomic E-state index is 12.6. The highest BCUT2D eigenvalue weighted by Gasteiger charge is 2.42. The van der Waals surface area contributed by atoms with Gasteiger partial charge in [-0.1, -0.05) is 18.2 Å². The van der Waals surface area contributed by atoms with Crippen molar-refractivity contribution in [3.63, 3.8) is 0 Å². The van der Waals surface area contributed by atoms with Crippen molar-refractivity contribution in [2.24, 2.45) is 0 Å². The fourth-order valence-corrected chi connectivity index (χ4v) is 4.90. The Morgan fingerprint density at radius 1 is 1.38 bits per heavy atom. The van der Waals surface area contributed by atoms with Crippen molar-refractivity contribution >= 4 is 21.7 Å². The Morgan fingerprint density at radius 2 is 2.14 bits per heavy atom. The lowest BCUT2D eigenvalue weighted by atomic mass is 10.1. The second-order valence-electron chi connectivity index (χ2n) is 5.40. The Hall–Kier alpha value is -1.60. The average Bonchev–Trinajstić information content (AvgIpc) is 3.04. The maximum Gasteiger partial charge on any atom is 0.327 e. The van der Waals surface area contributed by atoms with Crippen molar-refractivity contribution in [2.75, 3.05) is 16.7 Å². The van der Waals surface area contributed by atoms with Crippen LogP contribution >= 0.6 is 0 Å². The smallest absolute Gasteiger partial charge is 0.327 e. The van der Waals surface area contributed by atoms with Gasteiger partial charge in [0.15, 0.2) is 0 Å². The minimum absolute atomic E-state index is 0.162. The predicted octanol–water partition coefficient (Wildman–Crippen LogP) is 1.01. The van der Waals surface area contributed by atoms with Crippen LogP contribution in [0.15, 0.2) is 24.3 Å². The summed E-state index contributed by atoms with van der Waals surface area (Å²) < 4.78 is 31.7. The highest BCUT2D eigenvalue weighted by Crippen LogP contribution is 2.35. The van der Waals surface area contributed by atoms with Gasteiger partial charge in [-0.3, -0.25) is 4.31 Å². The van der Waals surface area contributed by atoms with Crippen LogP contribution in [0.4, 0.5) is 5.69 Å². The molecule has 2 aliphatic heterocycles. The summed E-state index contributed by atoms with van der Waals surface area (Å²) in [6, 6.07) is 5.87. The standard InChI is InChI=1S/C14H17NO5S/c16-14(17)13-8-10-4-1-2-6-12(10)15(13)21(18,19)9-11-5-3-7-20-11/h1-2,4,6,11,13H,3,5,7-9H2,(H,16,17)/t11?,13-/m0/s1. The molecule has 1 aromatic carbocycles. The van der Waals surface area contributed by atoms with Crippen LogP contribution in [0, 0.1) is 0 Å². The molecule has 1 unspecified atom stereocenters. The van der Waals surface area contributed by atoms with Crippen molar-refractivity contribution < 1.29 is 23.1 Å². The van der Waals surface area contributed by atoms with Crippen molar-refractivity contribution in [1.29, 1.82) is 0 Å². The summed E-state index contributed by atoms with van der Waals surface area (Å²) in [5.41, 5.74) is 1.23. The van der Waals surface area contributed by atoms with Crippen LogP contribution in [0.1, 0.15) is 18.4 Å². The lowest BCUT2D eigenvalue weighted by Crippen LogP contribution is -2.45. The van der Waals surface area contributed by atoms with Gasteiger partial charge in [0.1, 0.15) is 6.04 Å². The van der Waals surface area contributed by atoms with E-state index in [1.54, 1.807) is 24.3 Å². The van der Waals surface area contributed by atoms with Crippen LogP contribution in [-0.2, 0) is 26.0 Å². The molecule has 1 saturated heterocycles. The monoisotopic (exact) mass is 311 g/mol. The summed E-state index contributed by atoms with van der Waals surface area (Å²) >= 11 is 0. The summed E-state index contributed by atoms with van der Waals surface area (Å²) in [5, 5.41) is 9.34. The minimum Gasteiger partial charge on any atom is -0.480 e. The van der Waals surface area contributed by atoms with Crippen LogP contribution in [0.5, 0.6) is 0 Å². The number of benzene rings is 1. The summed E-state index contributed by atoms with van der Waals surface area (Å²) in [6.45, 7) is 0.569. The number of sulfonamides is 1. The lowest BCUT2D eigenvalue weighted by molar-refractivity contribution is -0.138. The number of carbonyl (C=O) groups is 1. The second-order valence-corrected chi connectivity index (χ2v) is 7.29. The van der Waals surface area contributed by atoms with Crippen LogP contribution in [0.2, 0.25) is 0 Å². The zero-order chi connectivity index (χ0) is 15.0. The van der Waals surface area contributed by atoms with Crippen LogP contribution < -0.4 is 4.31 Å². The molecule has 1 fully saturated rings. The molecule has 0 aliphatic carbocycles. The van der Waals surface area contributed by atoms with Gasteiger partial charge in [-0.05, 0) is 24.5 Å². The van der Waals surface area contributed by atoms with E-state index in [4.69, 9.17) is 4.74 Å². The summed E-state index contributed by atoms with van der Waals surface area (Å²) in [5.74, 6) is -1.28. The summed E-state index contributed by atoms with van der Waals surface area (Å²) in [6.07, 6.45) is 1.42. The van der Waals surface area contributed by atoms with Crippen molar-refractivity contribution in [3.8, 4) is 0 Å². The third kappa shape index (κ3) is 2.63. The number of rotatable bonds is 4. The topological polar surface area (TPSA) is 83.9 Å². The molecule has 0 bridgehead atoms. The zero-order valence-electron chi connectivity index (χ0n) is 11.4. The van der Waals surface area contributed by atoms with Crippen molar-refractivity contribution in [1.82, 2.24) is 0 Å². The number of carboxylic acids is 1. The molecular weight excluding hydrogens is 294 g/mol. The maximum absolute atomic E-state index is 12.6. The number of nitrogens with zero attached hydrogens (tertiary/aromatic N) is 1. The SMILES string of the molecule is O=C(O)[C@@H]1Cc2ccccc2N1S(=O)(=O)CC1CCCO1. The molecule has 3 rings (SSSR count). The number of para-hydroxylation sites is 1. The van der Waals surface area contributed by atoms with E-state index >= 15 is 0 Å². The van der Waals surface area contributed by atoms with Gasteiger partial charge in [-0.15, -0.1) is 0 Å². The van der Waals surface area contributed by atoms with E-state index < -0.39 is 22.0 Å². The quantitative estimate of drug-likeness (QED) is 0.897. The average molecular weight is 311 g/mol. The molecule has 0 radical (unpaired) electrons. The number of fused-ring (bicyclic) bond motifs is 1. The number of hydrogen-bond donors (Lipinski definition) is 1. The van der Waals surface area contributed by atoms with Crippen LogP contribution in [0.3, 0.4) is 0 Å². The molecule has 21 heavy (non-hydrogen) atoms. The van der Waals surface area contributed by atoms with Gasteiger partial charge in [-0.25, -0.2) is 13.2 Å². The number of anilines is 1. The van der Waals surface area contributed by atoms with Crippen LogP contribution in [0.25, 0.3) is 0 Å². The van der Waals surface area contributed by atoms with Gasteiger partial charge in [0, 0.05) is 13.0 Å². The Morgan fingerprint density at radius 3 is 2.81 bits per heavy atom. The van der Waals surface area contributed by atoms with E-state index in [1.165, 1.54) is 0 Å². The minimum atomic E-state index is -3.72. The normalized spacial score (nSPS) is 25.0.